The van der Waals surface area contributed by atoms with Gasteiger partial charge in [-0.05, 0) is 18.9 Å². The first-order valence-corrected chi connectivity index (χ1v) is 10.6. The molecule has 0 saturated carbocycles. The van der Waals surface area contributed by atoms with E-state index in [2.05, 4.69) is 4.98 Å². The number of nitrogens with two attached hydrogens (primary N) is 1. The number of unbranched alkanes of at least 4 members (excludes halogenated alkanes) is 2. The van der Waals surface area contributed by atoms with Crippen LogP contribution in [0.4, 0.5) is 11.5 Å². The van der Waals surface area contributed by atoms with E-state index < -0.39 is 29.2 Å². The zero-order valence-electron chi connectivity index (χ0n) is 17.8. The molecule has 0 bridgehead atoms. The van der Waals surface area contributed by atoms with Crippen LogP contribution in [0.5, 0.6) is 0 Å². The van der Waals surface area contributed by atoms with Crippen LogP contribution < -0.4 is 21.9 Å². The number of cyclic esters (lactones) is 1. The summed E-state index contributed by atoms with van der Waals surface area (Å²) in [7, 11) is 0. The molecular formula is C22H28N4O5. The van der Waals surface area contributed by atoms with Crippen LogP contribution in [0.15, 0.2) is 33.9 Å². The Hall–Kier alpha value is -3.36. The maximum absolute atomic E-state index is 13.3. The van der Waals surface area contributed by atoms with E-state index in [1.165, 1.54) is 9.47 Å². The Kier molecular flexibility index (Phi) is 6.94. The van der Waals surface area contributed by atoms with Gasteiger partial charge < -0.3 is 15.4 Å². The first-order valence-electron chi connectivity index (χ1n) is 10.6. The van der Waals surface area contributed by atoms with E-state index in [9.17, 15) is 19.2 Å². The van der Waals surface area contributed by atoms with E-state index in [-0.39, 0.29) is 24.5 Å². The minimum absolute atomic E-state index is 0.0320. The Bertz CT molecular complexity index is 1090. The minimum Gasteiger partial charge on any atom is -0.453 e. The van der Waals surface area contributed by atoms with Crippen LogP contribution in [0, 0.1) is 0 Å². The number of ether oxygens (including phenoxy) is 1. The van der Waals surface area contributed by atoms with Gasteiger partial charge in [0.15, 0.2) is 5.69 Å². The topological polar surface area (TPSA) is 127 Å². The molecule has 0 spiro atoms. The number of carbonyl (C=O) groups is 2. The van der Waals surface area contributed by atoms with Crippen molar-refractivity contribution in [3.05, 3.63) is 56.2 Å². The second kappa shape index (κ2) is 9.63. The van der Waals surface area contributed by atoms with Gasteiger partial charge in [0.2, 0.25) is 5.91 Å². The first kappa shape index (κ1) is 22.3. The van der Waals surface area contributed by atoms with Gasteiger partial charge in [0.1, 0.15) is 11.9 Å². The maximum atomic E-state index is 13.3. The standard InChI is InChI=1S/C22H28N4O5/c1-3-5-11-25(18-19(23)26(12-6-4-2)22(30)24-20(18)28)17(27)13-16-14-9-7-8-10-15(14)21(29)31-16/h7-10,16H,3-6,11-13,23H2,1-2H3,(H,24,28,30)/t16-/m0/s1. The van der Waals surface area contributed by atoms with Gasteiger partial charge >= 0.3 is 11.7 Å². The Balaban J connectivity index is 1.96. The summed E-state index contributed by atoms with van der Waals surface area (Å²) in [4.78, 5) is 53.9. The largest absolute Gasteiger partial charge is 0.453 e. The summed E-state index contributed by atoms with van der Waals surface area (Å²) in [6.07, 6.45) is 2.11. The summed E-state index contributed by atoms with van der Waals surface area (Å²) in [5.41, 5.74) is 5.95. The number of fused-ring (bicyclic) bond motifs is 1. The summed E-state index contributed by atoms with van der Waals surface area (Å²) in [5, 5.41) is 0. The van der Waals surface area contributed by atoms with Gasteiger partial charge in [-0.15, -0.1) is 0 Å². The molecule has 1 atom stereocenters. The number of esters is 1. The van der Waals surface area contributed by atoms with Gasteiger partial charge in [0, 0.05) is 18.7 Å². The predicted molar refractivity (Wildman–Crippen MR) is 117 cm³/mol. The molecule has 9 nitrogen and oxygen atoms in total. The number of aromatic nitrogens is 2. The molecule has 0 radical (unpaired) electrons. The molecule has 3 N–H and O–H groups in total. The Morgan fingerprint density at radius 1 is 1.16 bits per heavy atom. The number of nitrogen functional groups attached to an aromatic ring is 1. The maximum Gasteiger partial charge on any atom is 0.339 e. The second-order valence-corrected chi connectivity index (χ2v) is 7.58. The highest BCUT2D eigenvalue weighted by molar-refractivity contribution is 5.98. The molecule has 3 rings (SSSR count). The lowest BCUT2D eigenvalue weighted by Gasteiger charge is -2.25. The number of aromatic amines is 1. The number of nitrogens with zero attached hydrogens (tertiary/aromatic N) is 2. The zero-order valence-corrected chi connectivity index (χ0v) is 17.8. The first-order chi connectivity index (χ1) is 14.9. The van der Waals surface area contributed by atoms with Crippen LogP contribution in [0.25, 0.3) is 0 Å². The molecule has 2 aromatic rings. The van der Waals surface area contributed by atoms with E-state index in [4.69, 9.17) is 10.5 Å². The van der Waals surface area contributed by atoms with Crippen molar-refractivity contribution in [3.63, 3.8) is 0 Å². The SMILES string of the molecule is CCCCN(C(=O)C[C@@H]1OC(=O)c2ccccc21)c1c(N)n(CCCC)c(=O)[nH]c1=O. The third-order valence-electron chi connectivity index (χ3n) is 5.39. The van der Waals surface area contributed by atoms with Crippen LogP contribution in [0.3, 0.4) is 0 Å². The summed E-state index contributed by atoms with van der Waals surface area (Å²) < 4.78 is 6.68. The van der Waals surface area contributed by atoms with E-state index in [1.807, 2.05) is 13.8 Å². The third-order valence-corrected chi connectivity index (χ3v) is 5.39. The summed E-state index contributed by atoms with van der Waals surface area (Å²) in [5.74, 6) is -0.907. The van der Waals surface area contributed by atoms with Crippen molar-refractivity contribution < 1.29 is 14.3 Å². The monoisotopic (exact) mass is 428 g/mol. The normalized spacial score (nSPS) is 14.9. The molecule has 0 fully saturated rings. The minimum atomic E-state index is -0.730. The molecule has 166 valence electrons. The lowest BCUT2D eigenvalue weighted by atomic mass is 10.0. The molecule has 1 aromatic carbocycles. The number of rotatable bonds is 9. The van der Waals surface area contributed by atoms with Crippen molar-refractivity contribution >= 4 is 23.4 Å². The van der Waals surface area contributed by atoms with Crippen LogP contribution >= 0.6 is 0 Å². The highest BCUT2D eigenvalue weighted by Gasteiger charge is 2.34. The molecular weight excluding hydrogens is 400 g/mol. The molecule has 9 heteroatoms. The molecule has 1 amide bonds. The molecule has 0 aliphatic carbocycles. The molecule has 1 aromatic heterocycles. The number of carbonyl (C=O) groups excluding carboxylic acids is 2. The number of amides is 1. The number of nitrogens with one attached hydrogen (secondary N) is 1. The fraction of sp³-hybridized carbons (Fsp3) is 0.455. The molecule has 0 unspecified atom stereocenters. The zero-order chi connectivity index (χ0) is 22.5. The molecule has 31 heavy (non-hydrogen) atoms. The second-order valence-electron chi connectivity index (χ2n) is 7.58. The van der Waals surface area contributed by atoms with Crippen LogP contribution in [0.1, 0.15) is 68.0 Å². The van der Waals surface area contributed by atoms with Crippen molar-refractivity contribution in [2.75, 3.05) is 17.2 Å². The van der Waals surface area contributed by atoms with Gasteiger partial charge in [-0.2, -0.15) is 0 Å². The van der Waals surface area contributed by atoms with Gasteiger partial charge in [-0.25, -0.2) is 9.59 Å². The average molecular weight is 428 g/mol. The van der Waals surface area contributed by atoms with E-state index in [0.717, 1.165) is 12.8 Å². The van der Waals surface area contributed by atoms with Crippen molar-refractivity contribution in [1.29, 1.82) is 0 Å². The Labute approximate surface area is 179 Å². The van der Waals surface area contributed by atoms with Crippen molar-refractivity contribution in [3.8, 4) is 0 Å². The smallest absolute Gasteiger partial charge is 0.339 e. The highest BCUT2D eigenvalue weighted by atomic mass is 16.5. The summed E-state index contributed by atoms with van der Waals surface area (Å²) in [6.45, 7) is 4.55. The quantitative estimate of drug-likeness (QED) is 0.590. The van der Waals surface area contributed by atoms with Crippen LogP contribution in [-0.2, 0) is 16.1 Å². The van der Waals surface area contributed by atoms with Crippen LogP contribution in [0.2, 0.25) is 0 Å². The number of H-pyrrole nitrogens is 1. The van der Waals surface area contributed by atoms with Gasteiger partial charge in [-0.3, -0.25) is 19.1 Å². The average Bonchev–Trinajstić information content (AvgIpc) is 3.05. The lowest BCUT2D eigenvalue weighted by molar-refractivity contribution is -0.120. The summed E-state index contributed by atoms with van der Waals surface area (Å²) >= 11 is 0. The fourth-order valence-corrected chi connectivity index (χ4v) is 3.69. The molecule has 1 aliphatic rings. The number of hydrogen-bond acceptors (Lipinski definition) is 6. The molecule has 0 saturated heterocycles. The van der Waals surface area contributed by atoms with Gasteiger partial charge in [0.05, 0.1) is 12.0 Å². The third kappa shape index (κ3) is 4.55. The number of benzene rings is 1. The molecule has 2 heterocycles. The van der Waals surface area contributed by atoms with Crippen molar-refractivity contribution in [2.45, 2.75) is 58.6 Å². The Morgan fingerprint density at radius 2 is 1.87 bits per heavy atom. The molecule has 1 aliphatic heterocycles. The highest BCUT2D eigenvalue weighted by Crippen LogP contribution is 2.34. The van der Waals surface area contributed by atoms with E-state index in [1.54, 1.807) is 24.3 Å². The van der Waals surface area contributed by atoms with Gasteiger partial charge in [0.25, 0.3) is 5.56 Å². The van der Waals surface area contributed by atoms with E-state index in [0.29, 0.717) is 30.5 Å². The predicted octanol–water partition coefficient (Wildman–Crippen LogP) is 2.35. The number of hydrogen-bond donors (Lipinski definition) is 2. The fourth-order valence-electron chi connectivity index (χ4n) is 3.69. The van der Waals surface area contributed by atoms with Crippen molar-refractivity contribution in [2.24, 2.45) is 0 Å². The Morgan fingerprint density at radius 3 is 2.58 bits per heavy atom. The van der Waals surface area contributed by atoms with Gasteiger partial charge in [-0.1, -0.05) is 44.9 Å². The summed E-state index contributed by atoms with van der Waals surface area (Å²) in [6, 6.07) is 6.92. The van der Waals surface area contributed by atoms with E-state index >= 15 is 0 Å². The van der Waals surface area contributed by atoms with Crippen molar-refractivity contribution in [1.82, 2.24) is 9.55 Å². The number of anilines is 2. The lowest BCUT2D eigenvalue weighted by Crippen LogP contribution is -2.42. The van der Waals surface area contributed by atoms with Crippen LogP contribution in [-0.4, -0.2) is 28.0 Å².